The number of carbonyl (C=O) groups is 1. The Morgan fingerprint density at radius 2 is 2.00 bits per heavy atom. The lowest BCUT2D eigenvalue weighted by Crippen LogP contribution is -2.25. The van der Waals surface area contributed by atoms with Crippen LogP contribution in [0.3, 0.4) is 0 Å². The fourth-order valence-electron chi connectivity index (χ4n) is 2.41. The third-order valence-corrected chi connectivity index (χ3v) is 4.04. The third-order valence-electron chi connectivity index (χ3n) is 3.45. The van der Waals surface area contributed by atoms with Gasteiger partial charge in [0, 0.05) is 12.5 Å². The van der Waals surface area contributed by atoms with E-state index in [9.17, 15) is 13.2 Å². The summed E-state index contributed by atoms with van der Waals surface area (Å²) in [5.74, 6) is 1.23. The number of nitrogens with zero attached hydrogens (tertiary/aromatic N) is 1. The molecule has 1 saturated heterocycles. The van der Waals surface area contributed by atoms with Gasteiger partial charge < -0.3 is 14.2 Å². The SMILES string of the molecule is CS(=O)(=O)OCC[C@H]1CN(c2ccc3c(c2)OCCO3)C(=O)O1. The van der Waals surface area contributed by atoms with Crippen LogP contribution in [-0.2, 0) is 19.0 Å². The summed E-state index contributed by atoms with van der Waals surface area (Å²) in [6.07, 6.45) is 0.387. The fourth-order valence-corrected chi connectivity index (χ4v) is 2.81. The van der Waals surface area contributed by atoms with Gasteiger partial charge in [0.1, 0.15) is 19.3 Å². The number of rotatable bonds is 5. The first-order valence-corrected chi connectivity index (χ1v) is 8.96. The van der Waals surface area contributed by atoms with Crippen molar-refractivity contribution in [1.82, 2.24) is 0 Å². The normalized spacial score (nSPS) is 20.5. The molecule has 8 nitrogen and oxygen atoms in total. The average Bonchev–Trinajstić information content (AvgIpc) is 2.86. The number of carbonyl (C=O) groups excluding carboxylic acids is 1. The number of amides is 1. The summed E-state index contributed by atoms with van der Waals surface area (Å²) in [6, 6.07) is 5.23. The first-order chi connectivity index (χ1) is 10.9. The lowest BCUT2D eigenvalue weighted by Gasteiger charge is -2.21. The molecule has 0 saturated carbocycles. The summed E-state index contributed by atoms with van der Waals surface area (Å²) >= 11 is 0. The summed E-state index contributed by atoms with van der Waals surface area (Å²) < 4.78 is 42.7. The minimum Gasteiger partial charge on any atom is -0.486 e. The van der Waals surface area contributed by atoms with Crippen LogP contribution in [0.4, 0.5) is 10.5 Å². The molecule has 0 unspecified atom stereocenters. The van der Waals surface area contributed by atoms with Gasteiger partial charge in [-0.1, -0.05) is 0 Å². The van der Waals surface area contributed by atoms with Crippen molar-refractivity contribution in [3.63, 3.8) is 0 Å². The second kappa shape index (κ2) is 6.25. The largest absolute Gasteiger partial charge is 0.486 e. The van der Waals surface area contributed by atoms with Gasteiger partial charge in [-0.25, -0.2) is 4.79 Å². The number of ether oxygens (including phenoxy) is 3. The second-order valence-corrected chi connectivity index (χ2v) is 6.90. The van der Waals surface area contributed by atoms with Crippen LogP contribution in [0.1, 0.15) is 6.42 Å². The van der Waals surface area contributed by atoms with Crippen LogP contribution in [-0.4, -0.2) is 53.2 Å². The maximum atomic E-state index is 12.0. The van der Waals surface area contributed by atoms with Crippen LogP contribution in [0.5, 0.6) is 11.5 Å². The summed E-state index contributed by atoms with van der Waals surface area (Å²) in [5.41, 5.74) is 0.644. The predicted molar refractivity (Wildman–Crippen MR) is 80.5 cm³/mol. The first-order valence-electron chi connectivity index (χ1n) is 7.14. The Balaban J connectivity index is 1.63. The average molecular weight is 343 g/mol. The molecule has 1 fully saturated rings. The van der Waals surface area contributed by atoms with E-state index in [0.29, 0.717) is 43.4 Å². The molecule has 0 aliphatic carbocycles. The van der Waals surface area contributed by atoms with Crippen LogP contribution in [0.25, 0.3) is 0 Å². The molecule has 0 spiro atoms. The van der Waals surface area contributed by atoms with Gasteiger partial charge in [0.15, 0.2) is 11.5 Å². The Hall–Kier alpha value is -2.00. The van der Waals surface area contributed by atoms with E-state index in [0.717, 1.165) is 6.26 Å². The molecular formula is C14H17NO7S. The second-order valence-electron chi connectivity index (χ2n) is 5.26. The summed E-state index contributed by atoms with van der Waals surface area (Å²) in [7, 11) is -3.49. The molecule has 0 bridgehead atoms. The van der Waals surface area contributed by atoms with Crippen LogP contribution in [0.15, 0.2) is 18.2 Å². The van der Waals surface area contributed by atoms with E-state index in [-0.39, 0.29) is 6.61 Å². The molecule has 0 radical (unpaired) electrons. The van der Waals surface area contributed by atoms with E-state index >= 15 is 0 Å². The lowest BCUT2D eigenvalue weighted by atomic mass is 10.2. The topological polar surface area (TPSA) is 91.4 Å². The number of cyclic esters (lactones) is 1. The zero-order valence-electron chi connectivity index (χ0n) is 12.6. The first kappa shape index (κ1) is 15.9. The molecule has 1 aromatic rings. The minimum atomic E-state index is -3.49. The van der Waals surface area contributed by atoms with E-state index in [1.807, 2.05) is 0 Å². The van der Waals surface area contributed by atoms with Crippen molar-refractivity contribution in [2.75, 3.05) is 37.5 Å². The van der Waals surface area contributed by atoms with Crippen molar-refractivity contribution in [3.05, 3.63) is 18.2 Å². The van der Waals surface area contributed by atoms with Gasteiger partial charge in [-0.05, 0) is 12.1 Å². The number of fused-ring (bicyclic) bond motifs is 1. The molecule has 3 rings (SSSR count). The molecule has 23 heavy (non-hydrogen) atoms. The van der Waals surface area contributed by atoms with Gasteiger partial charge in [-0.15, -0.1) is 0 Å². The molecule has 2 aliphatic heterocycles. The summed E-state index contributed by atoms with van der Waals surface area (Å²) in [6.45, 7) is 1.27. The standard InChI is InChI=1S/C14H17NO7S/c1-23(17,18)21-5-4-11-9-15(14(16)22-11)10-2-3-12-13(8-10)20-7-6-19-12/h2-3,8,11H,4-7,9H2,1H3/t11-/m0/s1. The number of benzene rings is 1. The molecule has 1 aromatic carbocycles. The monoisotopic (exact) mass is 343 g/mol. The van der Waals surface area contributed by atoms with E-state index < -0.39 is 22.3 Å². The van der Waals surface area contributed by atoms with Crippen molar-refractivity contribution in [2.45, 2.75) is 12.5 Å². The molecule has 2 heterocycles. The minimum absolute atomic E-state index is 0.0221. The number of hydrogen-bond donors (Lipinski definition) is 0. The Morgan fingerprint density at radius 1 is 1.26 bits per heavy atom. The van der Waals surface area contributed by atoms with Crippen molar-refractivity contribution in [1.29, 1.82) is 0 Å². The van der Waals surface area contributed by atoms with Crippen LogP contribution < -0.4 is 14.4 Å². The molecule has 0 N–H and O–H groups in total. The fraction of sp³-hybridized carbons (Fsp3) is 0.500. The summed E-state index contributed by atoms with van der Waals surface area (Å²) in [4.78, 5) is 13.5. The molecule has 2 aliphatic rings. The van der Waals surface area contributed by atoms with Gasteiger partial charge >= 0.3 is 6.09 Å². The molecule has 126 valence electrons. The Kier molecular flexibility index (Phi) is 4.31. The molecular weight excluding hydrogens is 326 g/mol. The van der Waals surface area contributed by atoms with Crippen molar-refractivity contribution >= 4 is 21.9 Å². The third kappa shape index (κ3) is 3.85. The highest BCUT2D eigenvalue weighted by molar-refractivity contribution is 7.85. The maximum Gasteiger partial charge on any atom is 0.414 e. The predicted octanol–water partition coefficient (Wildman–Crippen LogP) is 1.15. The smallest absolute Gasteiger partial charge is 0.414 e. The van der Waals surface area contributed by atoms with Gasteiger partial charge in [0.25, 0.3) is 10.1 Å². The van der Waals surface area contributed by atoms with Gasteiger partial charge in [0.05, 0.1) is 25.1 Å². The van der Waals surface area contributed by atoms with E-state index in [1.54, 1.807) is 18.2 Å². The molecule has 1 atom stereocenters. The number of hydrogen-bond acceptors (Lipinski definition) is 7. The lowest BCUT2D eigenvalue weighted by molar-refractivity contribution is 0.126. The number of anilines is 1. The zero-order chi connectivity index (χ0) is 16.4. The van der Waals surface area contributed by atoms with E-state index in [2.05, 4.69) is 4.18 Å². The van der Waals surface area contributed by atoms with Crippen LogP contribution >= 0.6 is 0 Å². The molecule has 9 heteroatoms. The van der Waals surface area contributed by atoms with Crippen LogP contribution in [0, 0.1) is 0 Å². The quantitative estimate of drug-likeness (QED) is 0.741. The van der Waals surface area contributed by atoms with Gasteiger partial charge in [-0.3, -0.25) is 9.08 Å². The van der Waals surface area contributed by atoms with Crippen LogP contribution in [0.2, 0.25) is 0 Å². The maximum absolute atomic E-state index is 12.0. The van der Waals surface area contributed by atoms with Crippen molar-refractivity contribution < 1.29 is 31.6 Å². The highest BCUT2D eigenvalue weighted by Crippen LogP contribution is 2.35. The highest BCUT2D eigenvalue weighted by atomic mass is 32.2. The van der Waals surface area contributed by atoms with Gasteiger partial charge in [-0.2, -0.15) is 8.42 Å². The molecule has 1 amide bonds. The molecule has 0 aromatic heterocycles. The summed E-state index contributed by atoms with van der Waals surface area (Å²) in [5, 5.41) is 0. The van der Waals surface area contributed by atoms with E-state index in [1.165, 1.54) is 4.90 Å². The Bertz CT molecular complexity index is 703. The Labute approximate surface area is 134 Å². The Morgan fingerprint density at radius 3 is 2.74 bits per heavy atom. The van der Waals surface area contributed by atoms with E-state index in [4.69, 9.17) is 14.2 Å². The van der Waals surface area contributed by atoms with Crippen molar-refractivity contribution in [3.8, 4) is 11.5 Å². The van der Waals surface area contributed by atoms with Crippen molar-refractivity contribution in [2.24, 2.45) is 0 Å². The zero-order valence-corrected chi connectivity index (χ0v) is 13.4. The highest BCUT2D eigenvalue weighted by Gasteiger charge is 2.33. The van der Waals surface area contributed by atoms with Gasteiger partial charge in [0.2, 0.25) is 0 Å².